The number of alkyl carbamates (subject to hydrolysis) is 1. The predicted molar refractivity (Wildman–Crippen MR) is 206 cm³/mol. The van der Waals surface area contributed by atoms with Gasteiger partial charge in [-0.05, 0) is 71.2 Å². The van der Waals surface area contributed by atoms with Gasteiger partial charge in [0.05, 0.1) is 30.4 Å². The standard InChI is InChI=1S/C10H19N3O3.C9H14N2O2.C9H14N2OS.C6H15N3O/c1-4-7-16-10(15)13-6-5-8(11-2)9(14)12-3;2*1-10-8(9(12)11-2)6-7-4-3-5-13-7;1-8-5(3-4-7)6(10)9-2/h4,8,11H,1,5-7H2,2-3H3,(H,12,14)(H,13,15);2*3-5,8,10H,6H2,1-2H3,(H,11,12);5,8H,3-4,7H2,1-2H3,(H,9,10). The van der Waals surface area contributed by atoms with Crippen LogP contribution in [-0.4, -0.2) is 130 Å². The first-order valence-corrected chi connectivity index (χ1v) is 17.7. The van der Waals surface area contributed by atoms with Crippen LogP contribution in [0, 0.1) is 0 Å². The van der Waals surface area contributed by atoms with E-state index in [0.29, 0.717) is 32.4 Å². The van der Waals surface area contributed by atoms with Gasteiger partial charge in [-0.3, -0.25) is 19.2 Å². The van der Waals surface area contributed by atoms with Crippen LogP contribution in [-0.2, 0) is 36.8 Å². The fraction of sp³-hybridized carbons (Fsp3) is 0.559. The van der Waals surface area contributed by atoms with Crippen LogP contribution in [0.1, 0.15) is 23.5 Å². The first-order chi connectivity index (χ1) is 25.0. The van der Waals surface area contributed by atoms with Gasteiger partial charge in [-0.25, -0.2) is 4.79 Å². The maximum atomic E-state index is 11.3. The fourth-order valence-electron chi connectivity index (χ4n) is 4.09. The molecule has 11 N–H and O–H groups in total. The van der Waals surface area contributed by atoms with Gasteiger partial charge in [0.15, 0.2) is 0 Å². The van der Waals surface area contributed by atoms with Crippen molar-refractivity contribution in [2.75, 3.05) is 76.1 Å². The van der Waals surface area contributed by atoms with Crippen molar-refractivity contribution >= 4 is 41.1 Å². The van der Waals surface area contributed by atoms with Gasteiger partial charge in [0, 0.05) is 52.5 Å². The molecule has 0 aliphatic rings. The van der Waals surface area contributed by atoms with E-state index in [0.717, 1.165) is 12.2 Å². The molecule has 0 bridgehead atoms. The molecule has 5 amide bonds. The number of carbonyl (C=O) groups excluding carboxylic acids is 5. The topological polar surface area (TPSA) is 242 Å². The molecule has 0 radical (unpaired) electrons. The van der Waals surface area contributed by atoms with Crippen molar-refractivity contribution in [3.8, 4) is 0 Å². The third-order valence-corrected chi connectivity index (χ3v) is 8.00. The number of ether oxygens (including phenoxy) is 1. The Morgan fingerprint density at radius 2 is 1.25 bits per heavy atom. The molecule has 52 heavy (non-hydrogen) atoms. The van der Waals surface area contributed by atoms with Gasteiger partial charge in [-0.1, -0.05) is 18.7 Å². The summed E-state index contributed by atoms with van der Waals surface area (Å²) >= 11 is 1.67. The molecule has 2 aromatic heterocycles. The van der Waals surface area contributed by atoms with Crippen LogP contribution in [0.2, 0.25) is 0 Å². The Morgan fingerprint density at radius 1 is 0.750 bits per heavy atom. The zero-order valence-electron chi connectivity index (χ0n) is 31.9. The number of nitrogens with one attached hydrogen (secondary N) is 9. The fourth-order valence-corrected chi connectivity index (χ4v) is 4.84. The van der Waals surface area contributed by atoms with Crippen LogP contribution in [0.3, 0.4) is 0 Å². The molecule has 18 heteroatoms. The van der Waals surface area contributed by atoms with Crippen molar-refractivity contribution < 1.29 is 33.1 Å². The number of furan rings is 1. The molecule has 4 atom stereocenters. The molecule has 0 spiro atoms. The number of nitrogens with two attached hydrogens (primary N) is 1. The lowest BCUT2D eigenvalue weighted by Gasteiger charge is -2.14. The lowest BCUT2D eigenvalue weighted by molar-refractivity contribution is -0.123. The molecule has 2 aromatic rings. The van der Waals surface area contributed by atoms with Gasteiger partial charge < -0.3 is 62.7 Å². The van der Waals surface area contributed by atoms with Crippen LogP contribution in [0.5, 0.6) is 0 Å². The van der Waals surface area contributed by atoms with Crippen molar-refractivity contribution in [3.05, 3.63) is 59.2 Å². The average molecular weight is 755 g/mol. The molecule has 17 nitrogen and oxygen atoms in total. The number of amides is 5. The molecule has 0 aromatic carbocycles. The second kappa shape index (κ2) is 32.6. The Hall–Kier alpha value is -4.33. The lowest BCUT2D eigenvalue weighted by Crippen LogP contribution is -2.43. The molecular weight excluding hydrogens is 693 g/mol. The molecule has 4 unspecified atom stereocenters. The molecule has 2 heterocycles. The van der Waals surface area contributed by atoms with Gasteiger partial charge >= 0.3 is 6.09 Å². The van der Waals surface area contributed by atoms with Crippen LogP contribution >= 0.6 is 11.3 Å². The summed E-state index contributed by atoms with van der Waals surface area (Å²) in [5.74, 6) is 0.703. The monoisotopic (exact) mass is 754 g/mol. The van der Waals surface area contributed by atoms with Gasteiger partial charge in [0.25, 0.3) is 0 Å². The van der Waals surface area contributed by atoms with E-state index in [2.05, 4.69) is 54.4 Å². The van der Waals surface area contributed by atoms with Gasteiger partial charge in [-0.15, -0.1) is 11.3 Å². The number of carbonyl (C=O) groups is 5. The maximum absolute atomic E-state index is 11.3. The largest absolute Gasteiger partial charge is 0.469 e. The first kappa shape index (κ1) is 49.8. The molecule has 0 fully saturated rings. The molecule has 0 saturated heterocycles. The normalized spacial score (nSPS) is 12.2. The summed E-state index contributed by atoms with van der Waals surface area (Å²) in [5.41, 5.74) is 5.28. The number of hydrogen-bond acceptors (Lipinski definition) is 13. The zero-order valence-corrected chi connectivity index (χ0v) is 32.7. The number of thiophene rings is 1. The minimum absolute atomic E-state index is 0.00653. The van der Waals surface area contributed by atoms with E-state index in [1.165, 1.54) is 11.0 Å². The van der Waals surface area contributed by atoms with Crippen LogP contribution in [0.4, 0.5) is 4.79 Å². The SMILES string of the molecule is C=CCOC(=O)NCCC(NC)C(=O)NC.CNC(=O)C(CCN)NC.CNC(=O)C(Cc1ccco1)NC.CNC(=O)C(Cc1cccs1)NC. The average Bonchev–Trinajstić information content (AvgIpc) is 3.90. The Bertz CT molecular complexity index is 1180. The van der Waals surface area contributed by atoms with E-state index in [4.69, 9.17) is 14.9 Å². The van der Waals surface area contributed by atoms with E-state index >= 15 is 0 Å². The van der Waals surface area contributed by atoms with Crippen LogP contribution in [0.15, 0.2) is 53.0 Å². The first-order valence-electron chi connectivity index (χ1n) is 16.8. The highest BCUT2D eigenvalue weighted by molar-refractivity contribution is 7.09. The zero-order chi connectivity index (χ0) is 39.7. The molecule has 0 aliphatic carbocycles. The summed E-state index contributed by atoms with van der Waals surface area (Å²) in [5, 5.41) is 26.5. The summed E-state index contributed by atoms with van der Waals surface area (Å²) in [4.78, 5) is 57.0. The third-order valence-electron chi connectivity index (χ3n) is 7.11. The van der Waals surface area contributed by atoms with E-state index in [9.17, 15) is 24.0 Å². The highest BCUT2D eigenvalue weighted by Crippen LogP contribution is 2.11. The highest BCUT2D eigenvalue weighted by Gasteiger charge is 2.17. The molecule has 296 valence electrons. The summed E-state index contributed by atoms with van der Waals surface area (Å²) in [6.45, 7) is 4.49. The lowest BCUT2D eigenvalue weighted by atomic mass is 10.1. The second-order valence-electron chi connectivity index (χ2n) is 10.6. The minimum Gasteiger partial charge on any atom is -0.469 e. The van der Waals surface area contributed by atoms with Gasteiger partial charge in [0.1, 0.15) is 12.4 Å². The molecule has 0 saturated carbocycles. The second-order valence-corrected chi connectivity index (χ2v) is 11.6. The highest BCUT2D eigenvalue weighted by atomic mass is 32.1. The Labute approximate surface area is 312 Å². The van der Waals surface area contributed by atoms with Crippen molar-refractivity contribution in [3.63, 3.8) is 0 Å². The number of likely N-dealkylation sites (N-methyl/N-ethyl adjacent to an activating group) is 8. The van der Waals surface area contributed by atoms with E-state index in [1.807, 2.05) is 29.6 Å². The molecule has 2 rings (SSSR count). The van der Waals surface area contributed by atoms with E-state index in [1.54, 1.807) is 74.0 Å². The van der Waals surface area contributed by atoms with Crippen molar-refractivity contribution in [1.82, 2.24) is 47.9 Å². The summed E-state index contributed by atoms with van der Waals surface area (Å²) in [6.07, 6.45) is 5.09. The number of rotatable bonds is 19. The van der Waals surface area contributed by atoms with E-state index < -0.39 is 6.09 Å². The Balaban J connectivity index is 0. The quantitative estimate of drug-likeness (QED) is 0.0783. The minimum atomic E-state index is -0.508. The molecular formula is C34H62N10O7S. The van der Waals surface area contributed by atoms with Crippen LogP contribution < -0.4 is 53.6 Å². The third kappa shape index (κ3) is 23.2. The summed E-state index contributed by atoms with van der Waals surface area (Å²) < 4.78 is 9.84. The van der Waals surface area contributed by atoms with Gasteiger partial charge in [-0.2, -0.15) is 0 Å². The van der Waals surface area contributed by atoms with Crippen LogP contribution in [0.25, 0.3) is 0 Å². The molecule has 0 aliphatic heterocycles. The van der Waals surface area contributed by atoms with Gasteiger partial charge in [0.2, 0.25) is 23.6 Å². The maximum Gasteiger partial charge on any atom is 0.407 e. The predicted octanol–water partition coefficient (Wildman–Crippen LogP) is -0.927. The number of hydrogen-bond donors (Lipinski definition) is 10. The van der Waals surface area contributed by atoms with Crippen molar-refractivity contribution in [2.24, 2.45) is 5.73 Å². The Kier molecular flexibility index (Phi) is 31.2. The van der Waals surface area contributed by atoms with Crippen molar-refractivity contribution in [2.45, 2.75) is 49.9 Å². The summed E-state index contributed by atoms with van der Waals surface area (Å²) in [7, 11) is 13.4. The smallest absolute Gasteiger partial charge is 0.407 e. The summed E-state index contributed by atoms with van der Waals surface area (Å²) in [6, 6.07) is 6.90. The Morgan fingerprint density at radius 3 is 1.65 bits per heavy atom. The van der Waals surface area contributed by atoms with Crippen molar-refractivity contribution in [1.29, 1.82) is 0 Å². The van der Waals surface area contributed by atoms with E-state index in [-0.39, 0.29) is 54.4 Å².